The first-order valence-electron chi connectivity index (χ1n) is 6.39. The first-order chi connectivity index (χ1) is 10.1. The van der Waals surface area contributed by atoms with Gasteiger partial charge in [0.1, 0.15) is 4.64 Å². The fourth-order valence-corrected chi connectivity index (χ4v) is 2.05. The van der Waals surface area contributed by atoms with Gasteiger partial charge in [0.05, 0.1) is 12.0 Å². The molecule has 1 heterocycles. The number of hydrazine groups is 1. The van der Waals surface area contributed by atoms with Gasteiger partial charge >= 0.3 is 0 Å². The number of aromatic nitrogens is 1. The molecular weight excluding hydrogens is 286 g/mol. The topological polar surface area (TPSA) is 74.0 Å². The van der Waals surface area contributed by atoms with Gasteiger partial charge in [-0.25, -0.2) is 0 Å². The van der Waals surface area contributed by atoms with Gasteiger partial charge in [-0.2, -0.15) is 0 Å². The van der Waals surface area contributed by atoms with Gasteiger partial charge in [-0.1, -0.05) is 36.5 Å². The molecular formula is C15H15N3O2S. The van der Waals surface area contributed by atoms with Crippen LogP contribution in [-0.4, -0.2) is 16.8 Å². The van der Waals surface area contributed by atoms with E-state index in [-0.39, 0.29) is 12.3 Å². The Labute approximate surface area is 127 Å². The van der Waals surface area contributed by atoms with Gasteiger partial charge in [-0.3, -0.25) is 20.4 Å². The van der Waals surface area contributed by atoms with Gasteiger partial charge in [-0.15, -0.1) is 0 Å². The number of aromatic amines is 1. The Bertz CT molecular complexity index is 725. The minimum absolute atomic E-state index is 0.203. The highest BCUT2D eigenvalue weighted by atomic mass is 32.1. The summed E-state index contributed by atoms with van der Waals surface area (Å²) in [5, 5.41) is 0. The zero-order valence-electron chi connectivity index (χ0n) is 11.5. The number of hydrogen-bond acceptors (Lipinski definition) is 3. The monoisotopic (exact) mass is 301 g/mol. The second kappa shape index (κ2) is 6.81. The molecule has 0 saturated carbocycles. The van der Waals surface area contributed by atoms with Crippen molar-refractivity contribution in [3.8, 4) is 0 Å². The lowest BCUT2D eigenvalue weighted by Gasteiger charge is -2.08. The van der Waals surface area contributed by atoms with E-state index in [1.807, 2.05) is 31.2 Å². The molecule has 0 saturated heterocycles. The number of pyridine rings is 1. The number of nitrogens with one attached hydrogen (secondary N) is 3. The first kappa shape index (κ1) is 14.9. The summed E-state index contributed by atoms with van der Waals surface area (Å²) in [6, 6.07) is 10.9. The number of amides is 2. The van der Waals surface area contributed by atoms with Gasteiger partial charge < -0.3 is 4.98 Å². The SMILES string of the molecule is Cc1ccccc1CC(=O)NNC(=O)c1ccc[nH]c1=S. The van der Waals surface area contributed by atoms with E-state index in [9.17, 15) is 9.59 Å². The third-order valence-electron chi connectivity index (χ3n) is 2.99. The van der Waals surface area contributed by atoms with Gasteiger partial charge in [0, 0.05) is 6.20 Å². The van der Waals surface area contributed by atoms with Gasteiger partial charge in [0.25, 0.3) is 5.91 Å². The van der Waals surface area contributed by atoms with E-state index in [0.29, 0.717) is 10.2 Å². The van der Waals surface area contributed by atoms with Crippen LogP contribution < -0.4 is 10.9 Å². The van der Waals surface area contributed by atoms with Crippen molar-refractivity contribution >= 4 is 24.0 Å². The molecule has 0 bridgehead atoms. The Kier molecular flexibility index (Phi) is 4.84. The second-order valence-corrected chi connectivity index (χ2v) is 4.93. The van der Waals surface area contributed by atoms with Crippen LogP contribution in [0.3, 0.4) is 0 Å². The molecule has 2 aromatic rings. The molecule has 108 valence electrons. The van der Waals surface area contributed by atoms with Crippen molar-refractivity contribution in [2.75, 3.05) is 0 Å². The predicted octanol–water partition coefficient (Wildman–Crippen LogP) is 2.06. The maximum Gasteiger partial charge on any atom is 0.272 e. The van der Waals surface area contributed by atoms with Crippen molar-refractivity contribution in [2.24, 2.45) is 0 Å². The van der Waals surface area contributed by atoms with E-state index >= 15 is 0 Å². The Balaban J connectivity index is 1.93. The maximum atomic E-state index is 11.9. The van der Waals surface area contributed by atoms with E-state index < -0.39 is 5.91 Å². The van der Waals surface area contributed by atoms with Crippen molar-refractivity contribution in [1.29, 1.82) is 0 Å². The summed E-state index contributed by atoms with van der Waals surface area (Å²) in [7, 11) is 0. The molecule has 6 heteroatoms. The van der Waals surface area contributed by atoms with Crippen LogP contribution in [0.25, 0.3) is 0 Å². The molecule has 2 rings (SSSR count). The molecule has 0 atom stereocenters. The van der Waals surface area contributed by atoms with E-state index in [1.54, 1.807) is 18.3 Å². The van der Waals surface area contributed by atoms with E-state index in [2.05, 4.69) is 15.8 Å². The molecule has 2 amide bonds. The Morgan fingerprint density at radius 2 is 1.90 bits per heavy atom. The third-order valence-corrected chi connectivity index (χ3v) is 3.33. The molecule has 3 N–H and O–H groups in total. The quantitative estimate of drug-likeness (QED) is 0.600. The second-order valence-electron chi connectivity index (χ2n) is 4.52. The molecule has 0 aliphatic rings. The molecule has 0 aliphatic heterocycles. The van der Waals surface area contributed by atoms with Crippen LogP contribution in [0, 0.1) is 11.6 Å². The minimum Gasteiger partial charge on any atom is -0.352 e. The van der Waals surface area contributed by atoms with Crippen LogP contribution in [0.1, 0.15) is 21.5 Å². The van der Waals surface area contributed by atoms with Crippen LogP contribution in [0.5, 0.6) is 0 Å². The van der Waals surface area contributed by atoms with Crippen molar-refractivity contribution < 1.29 is 9.59 Å². The highest BCUT2D eigenvalue weighted by molar-refractivity contribution is 7.71. The number of hydrogen-bond donors (Lipinski definition) is 3. The fourth-order valence-electron chi connectivity index (χ4n) is 1.82. The van der Waals surface area contributed by atoms with Crippen molar-refractivity contribution in [3.05, 3.63) is 63.9 Å². The number of carbonyl (C=O) groups is 2. The van der Waals surface area contributed by atoms with Crippen LogP contribution in [-0.2, 0) is 11.2 Å². The fraction of sp³-hybridized carbons (Fsp3) is 0.133. The Hall–Kier alpha value is -2.47. The number of carbonyl (C=O) groups excluding carboxylic acids is 2. The molecule has 1 aromatic carbocycles. The molecule has 5 nitrogen and oxygen atoms in total. The number of benzene rings is 1. The molecule has 0 unspecified atom stereocenters. The van der Waals surface area contributed by atoms with Gasteiger partial charge in [-0.05, 0) is 30.2 Å². The highest BCUT2D eigenvalue weighted by Crippen LogP contribution is 2.07. The molecule has 0 aliphatic carbocycles. The van der Waals surface area contributed by atoms with Gasteiger partial charge in [0.15, 0.2) is 0 Å². The normalized spacial score (nSPS) is 9.95. The summed E-state index contributed by atoms with van der Waals surface area (Å²) in [4.78, 5) is 26.5. The molecule has 0 fully saturated rings. The summed E-state index contributed by atoms with van der Waals surface area (Å²) >= 11 is 5.00. The average molecular weight is 301 g/mol. The summed E-state index contributed by atoms with van der Waals surface area (Å²) in [5.41, 5.74) is 7.00. The van der Waals surface area contributed by atoms with Crippen molar-refractivity contribution in [1.82, 2.24) is 15.8 Å². The lowest BCUT2D eigenvalue weighted by atomic mass is 10.1. The summed E-state index contributed by atoms with van der Waals surface area (Å²) < 4.78 is 0.322. The van der Waals surface area contributed by atoms with Crippen molar-refractivity contribution in [3.63, 3.8) is 0 Å². The number of H-pyrrole nitrogens is 1. The lowest BCUT2D eigenvalue weighted by molar-refractivity contribution is -0.121. The maximum absolute atomic E-state index is 11.9. The largest absolute Gasteiger partial charge is 0.352 e. The first-order valence-corrected chi connectivity index (χ1v) is 6.80. The van der Waals surface area contributed by atoms with Crippen molar-refractivity contribution in [2.45, 2.75) is 13.3 Å². The highest BCUT2D eigenvalue weighted by Gasteiger charge is 2.10. The zero-order valence-corrected chi connectivity index (χ0v) is 12.3. The summed E-state index contributed by atoms with van der Waals surface area (Å²) in [6.45, 7) is 1.93. The van der Waals surface area contributed by atoms with Crippen LogP contribution in [0.15, 0.2) is 42.6 Å². The lowest BCUT2D eigenvalue weighted by Crippen LogP contribution is -2.42. The number of aryl methyl sites for hydroxylation is 1. The Morgan fingerprint density at radius 3 is 2.62 bits per heavy atom. The molecule has 0 radical (unpaired) electrons. The standard InChI is InChI=1S/C15H15N3O2S/c1-10-5-2-3-6-11(10)9-13(19)17-18-14(20)12-7-4-8-16-15(12)21/h2-8H,9H2,1H3,(H,16,21)(H,17,19)(H,18,20). The minimum atomic E-state index is -0.449. The summed E-state index contributed by atoms with van der Waals surface area (Å²) in [6.07, 6.45) is 1.84. The molecule has 1 aromatic heterocycles. The predicted molar refractivity (Wildman–Crippen MR) is 82.1 cm³/mol. The van der Waals surface area contributed by atoms with Crippen LogP contribution in [0.4, 0.5) is 0 Å². The number of rotatable bonds is 3. The molecule has 21 heavy (non-hydrogen) atoms. The summed E-state index contributed by atoms with van der Waals surface area (Å²) in [5.74, 6) is -0.738. The van der Waals surface area contributed by atoms with E-state index in [1.165, 1.54) is 0 Å². The van der Waals surface area contributed by atoms with Crippen LogP contribution in [0.2, 0.25) is 0 Å². The zero-order chi connectivity index (χ0) is 15.2. The molecule has 0 spiro atoms. The Morgan fingerprint density at radius 1 is 1.14 bits per heavy atom. The van der Waals surface area contributed by atoms with Crippen LogP contribution >= 0.6 is 12.2 Å². The van der Waals surface area contributed by atoms with E-state index in [4.69, 9.17) is 12.2 Å². The average Bonchev–Trinajstić information content (AvgIpc) is 2.48. The van der Waals surface area contributed by atoms with Gasteiger partial charge in [0.2, 0.25) is 5.91 Å². The third kappa shape index (κ3) is 4.00. The van der Waals surface area contributed by atoms with E-state index in [0.717, 1.165) is 11.1 Å². The smallest absolute Gasteiger partial charge is 0.272 e.